The predicted molar refractivity (Wildman–Crippen MR) is 84.0 cm³/mol. The molecule has 2 aliphatic carbocycles. The molecule has 3 aliphatic rings. The molecule has 3 heteroatoms. The third kappa shape index (κ3) is 3.61. The van der Waals surface area contributed by atoms with E-state index >= 15 is 0 Å². The van der Waals surface area contributed by atoms with E-state index in [-0.39, 0.29) is 0 Å². The molecule has 3 rings (SSSR count). The minimum Gasteiger partial charge on any atom is -0.381 e. The summed E-state index contributed by atoms with van der Waals surface area (Å²) in [5, 5.41) is 3.41. The van der Waals surface area contributed by atoms with Crippen LogP contribution < -0.4 is 5.32 Å². The van der Waals surface area contributed by atoms with Gasteiger partial charge in [-0.15, -0.1) is 0 Å². The Morgan fingerprint density at radius 2 is 1.95 bits per heavy atom. The number of carbonyl (C=O) groups excluding carboxylic acids is 1. The van der Waals surface area contributed by atoms with Gasteiger partial charge in [0.25, 0.3) is 0 Å². The zero-order valence-electron chi connectivity index (χ0n) is 13.5. The number of carbonyl (C=O) groups is 1. The highest BCUT2D eigenvalue weighted by Gasteiger charge is 2.44. The first-order chi connectivity index (χ1) is 10.2. The Hall–Kier alpha value is -0.570. The van der Waals surface area contributed by atoms with E-state index in [1.54, 1.807) is 0 Å². The van der Waals surface area contributed by atoms with Crippen molar-refractivity contribution < 1.29 is 9.53 Å². The highest BCUT2D eigenvalue weighted by molar-refractivity contribution is 5.76. The van der Waals surface area contributed by atoms with Crippen molar-refractivity contribution in [2.24, 2.45) is 17.3 Å². The summed E-state index contributed by atoms with van der Waals surface area (Å²) in [5.41, 5.74) is 0.355. The molecule has 0 aromatic rings. The van der Waals surface area contributed by atoms with Crippen molar-refractivity contribution in [2.75, 3.05) is 13.2 Å². The Morgan fingerprint density at radius 1 is 1.14 bits per heavy atom. The van der Waals surface area contributed by atoms with E-state index in [0.717, 1.165) is 38.4 Å². The Kier molecular flexibility index (Phi) is 4.88. The first-order valence-corrected chi connectivity index (χ1v) is 9.05. The number of hydrogen-bond donors (Lipinski definition) is 1. The molecule has 2 saturated carbocycles. The molecule has 1 spiro atoms. The normalized spacial score (nSPS) is 35.8. The molecule has 0 radical (unpaired) electrons. The SMILES string of the molecule is CC1CCCC(CC(=O)NC2CCCC23CCOCC3)C1. The Labute approximate surface area is 129 Å². The molecule has 1 amide bonds. The third-order valence-corrected chi connectivity index (χ3v) is 6.25. The summed E-state index contributed by atoms with van der Waals surface area (Å²) in [6, 6.07) is 0.412. The molecule has 1 N–H and O–H groups in total. The first-order valence-electron chi connectivity index (χ1n) is 9.05. The fourth-order valence-corrected chi connectivity index (χ4v) is 5.00. The van der Waals surface area contributed by atoms with Gasteiger partial charge in [-0.2, -0.15) is 0 Å². The highest BCUT2D eigenvalue weighted by Crippen LogP contribution is 2.46. The fourth-order valence-electron chi connectivity index (χ4n) is 5.00. The van der Waals surface area contributed by atoms with Crippen LogP contribution >= 0.6 is 0 Å². The van der Waals surface area contributed by atoms with Crippen LogP contribution in [0, 0.1) is 17.3 Å². The van der Waals surface area contributed by atoms with Gasteiger partial charge in [-0.1, -0.05) is 26.2 Å². The Bertz CT molecular complexity index is 362. The lowest BCUT2D eigenvalue weighted by Gasteiger charge is -2.39. The average molecular weight is 293 g/mol. The molecule has 3 nitrogen and oxygen atoms in total. The molecular formula is C18H31NO2. The van der Waals surface area contributed by atoms with Crippen LogP contribution in [0.25, 0.3) is 0 Å². The summed E-state index contributed by atoms with van der Waals surface area (Å²) in [6.07, 6.45) is 11.9. The largest absolute Gasteiger partial charge is 0.381 e. The number of nitrogens with one attached hydrogen (secondary N) is 1. The lowest BCUT2D eigenvalue weighted by Crippen LogP contribution is -2.47. The van der Waals surface area contributed by atoms with E-state index < -0.39 is 0 Å². The Balaban J connectivity index is 1.51. The summed E-state index contributed by atoms with van der Waals surface area (Å²) >= 11 is 0. The lowest BCUT2D eigenvalue weighted by atomic mass is 9.75. The molecule has 0 bridgehead atoms. The molecule has 1 heterocycles. The number of amides is 1. The lowest BCUT2D eigenvalue weighted by molar-refractivity contribution is -0.124. The molecule has 3 unspecified atom stereocenters. The van der Waals surface area contributed by atoms with Gasteiger partial charge < -0.3 is 10.1 Å². The van der Waals surface area contributed by atoms with Crippen LogP contribution in [0.4, 0.5) is 0 Å². The first kappa shape index (κ1) is 15.3. The molecule has 120 valence electrons. The van der Waals surface area contributed by atoms with Gasteiger partial charge in [0.05, 0.1) is 0 Å². The van der Waals surface area contributed by atoms with Crippen LogP contribution in [0.2, 0.25) is 0 Å². The Morgan fingerprint density at radius 3 is 2.71 bits per heavy atom. The van der Waals surface area contributed by atoms with Crippen LogP contribution in [-0.4, -0.2) is 25.2 Å². The number of hydrogen-bond acceptors (Lipinski definition) is 2. The van der Waals surface area contributed by atoms with Gasteiger partial charge in [0.2, 0.25) is 5.91 Å². The number of rotatable bonds is 3. The molecule has 1 saturated heterocycles. The molecule has 21 heavy (non-hydrogen) atoms. The second-order valence-corrected chi connectivity index (χ2v) is 7.83. The predicted octanol–water partition coefficient (Wildman–Crippen LogP) is 3.67. The minimum atomic E-state index is 0.312. The van der Waals surface area contributed by atoms with Crippen molar-refractivity contribution >= 4 is 5.91 Å². The zero-order chi connectivity index (χ0) is 14.7. The van der Waals surface area contributed by atoms with Crippen molar-refractivity contribution in [3.05, 3.63) is 0 Å². The van der Waals surface area contributed by atoms with Crippen molar-refractivity contribution in [3.8, 4) is 0 Å². The average Bonchev–Trinajstić information content (AvgIpc) is 2.82. The quantitative estimate of drug-likeness (QED) is 0.862. The van der Waals surface area contributed by atoms with Crippen LogP contribution in [0.15, 0.2) is 0 Å². The minimum absolute atomic E-state index is 0.312. The van der Waals surface area contributed by atoms with Crippen molar-refractivity contribution in [2.45, 2.75) is 77.2 Å². The summed E-state index contributed by atoms with van der Waals surface area (Å²) in [6.45, 7) is 4.09. The molecule has 3 fully saturated rings. The van der Waals surface area contributed by atoms with Gasteiger partial charge in [-0.05, 0) is 55.8 Å². The molecule has 3 atom stereocenters. The van der Waals surface area contributed by atoms with Gasteiger partial charge in [-0.25, -0.2) is 0 Å². The summed E-state index contributed by atoms with van der Waals surface area (Å²) in [7, 11) is 0. The zero-order valence-corrected chi connectivity index (χ0v) is 13.5. The maximum Gasteiger partial charge on any atom is 0.220 e. The summed E-state index contributed by atoms with van der Waals surface area (Å²) in [5.74, 6) is 1.75. The van der Waals surface area contributed by atoms with Crippen LogP contribution in [0.3, 0.4) is 0 Å². The van der Waals surface area contributed by atoms with Gasteiger partial charge in [-0.3, -0.25) is 4.79 Å². The fraction of sp³-hybridized carbons (Fsp3) is 0.944. The van der Waals surface area contributed by atoms with E-state index in [1.165, 1.54) is 44.9 Å². The van der Waals surface area contributed by atoms with Gasteiger partial charge in [0.1, 0.15) is 0 Å². The second kappa shape index (κ2) is 6.68. The standard InChI is InChI=1S/C18H31NO2/c1-14-4-2-5-15(12-14)13-17(20)19-16-6-3-7-18(16)8-10-21-11-9-18/h14-16H,2-13H2,1H3,(H,19,20). The maximum atomic E-state index is 12.5. The number of ether oxygens (including phenoxy) is 1. The summed E-state index contributed by atoms with van der Waals surface area (Å²) in [4.78, 5) is 12.5. The molecule has 1 aliphatic heterocycles. The van der Waals surface area contributed by atoms with Crippen LogP contribution in [0.5, 0.6) is 0 Å². The topological polar surface area (TPSA) is 38.3 Å². The van der Waals surface area contributed by atoms with Crippen molar-refractivity contribution in [1.82, 2.24) is 5.32 Å². The maximum absolute atomic E-state index is 12.5. The smallest absolute Gasteiger partial charge is 0.220 e. The van der Waals surface area contributed by atoms with Crippen molar-refractivity contribution in [1.29, 1.82) is 0 Å². The van der Waals surface area contributed by atoms with Crippen LogP contribution in [0.1, 0.15) is 71.1 Å². The molecular weight excluding hydrogens is 262 g/mol. The molecule has 0 aromatic heterocycles. The molecule has 0 aromatic carbocycles. The highest BCUT2D eigenvalue weighted by atomic mass is 16.5. The van der Waals surface area contributed by atoms with E-state index in [2.05, 4.69) is 12.2 Å². The van der Waals surface area contributed by atoms with Gasteiger partial charge >= 0.3 is 0 Å². The summed E-state index contributed by atoms with van der Waals surface area (Å²) < 4.78 is 5.53. The van der Waals surface area contributed by atoms with E-state index in [0.29, 0.717) is 23.3 Å². The van der Waals surface area contributed by atoms with Gasteiger partial charge in [0.15, 0.2) is 0 Å². The van der Waals surface area contributed by atoms with Crippen LogP contribution in [-0.2, 0) is 9.53 Å². The van der Waals surface area contributed by atoms with E-state index in [9.17, 15) is 4.79 Å². The second-order valence-electron chi connectivity index (χ2n) is 7.83. The van der Waals surface area contributed by atoms with Crippen molar-refractivity contribution in [3.63, 3.8) is 0 Å². The third-order valence-electron chi connectivity index (χ3n) is 6.25. The monoisotopic (exact) mass is 293 g/mol. The van der Waals surface area contributed by atoms with E-state index in [4.69, 9.17) is 4.74 Å². The van der Waals surface area contributed by atoms with E-state index in [1.807, 2.05) is 0 Å². The van der Waals surface area contributed by atoms with Gasteiger partial charge in [0, 0.05) is 25.7 Å².